The molecule has 0 saturated carbocycles. The molecule has 1 saturated heterocycles. The summed E-state index contributed by atoms with van der Waals surface area (Å²) >= 11 is 5.95. The van der Waals surface area contributed by atoms with Crippen LogP contribution in [-0.2, 0) is 11.3 Å². The minimum atomic E-state index is -0.457. The summed E-state index contributed by atoms with van der Waals surface area (Å²) in [5, 5.41) is 4.21. The fraction of sp³-hybridized carbons (Fsp3) is 0.400. The van der Waals surface area contributed by atoms with Gasteiger partial charge in [-0.1, -0.05) is 23.7 Å². The topological polar surface area (TPSA) is 63.7 Å². The molecule has 0 spiro atoms. The molecular formula is C20H24ClN3O3. The van der Waals surface area contributed by atoms with Crippen molar-refractivity contribution in [2.24, 2.45) is 0 Å². The molecule has 2 heterocycles. The molecule has 1 N–H and O–H groups in total. The quantitative estimate of drug-likeness (QED) is 0.761. The molecule has 144 valence electrons. The Labute approximate surface area is 164 Å². The second-order valence-corrected chi connectivity index (χ2v) is 7.00. The van der Waals surface area contributed by atoms with Gasteiger partial charge in [0.1, 0.15) is 11.4 Å². The molecular weight excluding hydrogens is 366 g/mol. The van der Waals surface area contributed by atoms with Gasteiger partial charge in [-0.2, -0.15) is 4.98 Å². The highest BCUT2D eigenvalue weighted by molar-refractivity contribution is 6.30. The van der Waals surface area contributed by atoms with Crippen LogP contribution in [0.5, 0.6) is 5.88 Å². The van der Waals surface area contributed by atoms with E-state index in [2.05, 4.69) is 27.3 Å². The first-order chi connectivity index (χ1) is 13.1. The van der Waals surface area contributed by atoms with Crippen LogP contribution in [0.1, 0.15) is 28.8 Å². The lowest BCUT2D eigenvalue weighted by Gasteiger charge is -2.32. The number of carbonyl (C=O) groups is 1. The summed E-state index contributed by atoms with van der Waals surface area (Å²) in [6, 6.07) is 11.8. The number of carbonyl (C=O) groups excluding carboxylic acids is 1. The van der Waals surface area contributed by atoms with Gasteiger partial charge in [0.05, 0.1) is 14.2 Å². The molecule has 0 atom stereocenters. The molecule has 0 bridgehead atoms. The van der Waals surface area contributed by atoms with Crippen LogP contribution in [-0.4, -0.2) is 49.2 Å². The van der Waals surface area contributed by atoms with E-state index in [0.717, 1.165) is 37.5 Å². The van der Waals surface area contributed by atoms with E-state index in [1.165, 1.54) is 19.8 Å². The van der Waals surface area contributed by atoms with Crippen LogP contribution >= 0.6 is 11.6 Å². The van der Waals surface area contributed by atoms with Crippen LogP contribution in [0.15, 0.2) is 36.4 Å². The summed E-state index contributed by atoms with van der Waals surface area (Å²) in [7, 11) is 2.83. The van der Waals surface area contributed by atoms with E-state index in [0.29, 0.717) is 17.4 Å². The van der Waals surface area contributed by atoms with Crippen LogP contribution < -0.4 is 10.1 Å². The lowest BCUT2D eigenvalue weighted by molar-refractivity contribution is 0.0596. The number of benzene rings is 1. The van der Waals surface area contributed by atoms with Gasteiger partial charge in [0.25, 0.3) is 0 Å². The standard InChI is InChI=1S/C20H24ClN3O3/c1-26-19-17(20(25)27-2)7-8-18(23-19)22-16-9-11-24(12-10-16)13-14-3-5-15(21)6-4-14/h3-8,16H,9-13H2,1-2H3,(H,22,23). The summed E-state index contributed by atoms with van der Waals surface area (Å²) in [5.41, 5.74) is 1.60. The number of ether oxygens (including phenoxy) is 2. The Morgan fingerprint density at radius 3 is 2.52 bits per heavy atom. The third-order valence-electron chi connectivity index (χ3n) is 4.72. The third-order valence-corrected chi connectivity index (χ3v) is 4.97. The molecule has 2 aromatic rings. The van der Waals surface area contributed by atoms with Gasteiger partial charge < -0.3 is 14.8 Å². The van der Waals surface area contributed by atoms with Gasteiger partial charge in [-0.25, -0.2) is 4.79 Å². The average molecular weight is 390 g/mol. The molecule has 1 aromatic carbocycles. The number of pyridine rings is 1. The molecule has 1 fully saturated rings. The van der Waals surface area contributed by atoms with Crippen molar-refractivity contribution < 1.29 is 14.3 Å². The van der Waals surface area contributed by atoms with Crippen molar-refractivity contribution in [3.63, 3.8) is 0 Å². The second-order valence-electron chi connectivity index (χ2n) is 6.57. The number of likely N-dealkylation sites (tertiary alicyclic amines) is 1. The van der Waals surface area contributed by atoms with E-state index in [-0.39, 0.29) is 5.88 Å². The van der Waals surface area contributed by atoms with Crippen LogP contribution in [0.2, 0.25) is 5.02 Å². The summed E-state index contributed by atoms with van der Waals surface area (Å²) in [6.45, 7) is 2.96. The SMILES string of the molecule is COC(=O)c1ccc(NC2CCN(Cc3ccc(Cl)cc3)CC2)nc1OC. The molecule has 3 rings (SSSR count). The van der Waals surface area contributed by atoms with Crippen LogP contribution in [0.3, 0.4) is 0 Å². The minimum absolute atomic E-state index is 0.270. The third kappa shape index (κ3) is 5.11. The Balaban J connectivity index is 1.54. The maximum atomic E-state index is 11.7. The maximum Gasteiger partial charge on any atom is 0.343 e. The Morgan fingerprint density at radius 2 is 1.89 bits per heavy atom. The van der Waals surface area contributed by atoms with E-state index in [1.807, 2.05) is 12.1 Å². The van der Waals surface area contributed by atoms with Gasteiger partial charge >= 0.3 is 5.97 Å². The fourth-order valence-electron chi connectivity index (χ4n) is 3.23. The molecule has 0 radical (unpaired) electrons. The first-order valence-electron chi connectivity index (χ1n) is 8.95. The monoisotopic (exact) mass is 389 g/mol. The molecule has 1 aliphatic heterocycles. The lowest BCUT2D eigenvalue weighted by Crippen LogP contribution is -2.38. The number of halogens is 1. The highest BCUT2D eigenvalue weighted by Crippen LogP contribution is 2.22. The Morgan fingerprint density at radius 1 is 1.19 bits per heavy atom. The number of hydrogen-bond acceptors (Lipinski definition) is 6. The predicted octanol–water partition coefficient (Wildman–Crippen LogP) is 3.61. The second kappa shape index (κ2) is 9.06. The molecule has 27 heavy (non-hydrogen) atoms. The molecule has 7 heteroatoms. The Kier molecular flexibility index (Phi) is 6.53. The Bertz CT molecular complexity index is 775. The number of esters is 1. The summed E-state index contributed by atoms with van der Waals surface area (Å²) in [5.74, 6) is 0.518. The minimum Gasteiger partial charge on any atom is -0.480 e. The summed E-state index contributed by atoms with van der Waals surface area (Å²) in [4.78, 5) is 18.6. The number of piperidine rings is 1. The van der Waals surface area contributed by atoms with E-state index in [9.17, 15) is 4.79 Å². The van der Waals surface area contributed by atoms with E-state index in [4.69, 9.17) is 21.1 Å². The van der Waals surface area contributed by atoms with Crippen LogP contribution in [0.4, 0.5) is 5.82 Å². The molecule has 0 aliphatic carbocycles. The van der Waals surface area contributed by atoms with Crippen molar-refractivity contribution >= 4 is 23.4 Å². The van der Waals surface area contributed by atoms with Crippen molar-refractivity contribution in [1.29, 1.82) is 0 Å². The Hall–Kier alpha value is -2.31. The fourth-order valence-corrected chi connectivity index (χ4v) is 3.36. The molecule has 1 aliphatic rings. The molecule has 1 aromatic heterocycles. The zero-order chi connectivity index (χ0) is 19.2. The largest absolute Gasteiger partial charge is 0.480 e. The van der Waals surface area contributed by atoms with Gasteiger partial charge in [-0.15, -0.1) is 0 Å². The van der Waals surface area contributed by atoms with Crippen molar-refractivity contribution in [1.82, 2.24) is 9.88 Å². The van der Waals surface area contributed by atoms with Crippen molar-refractivity contribution in [3.8, 4) is 5.88 Å². The average Bonchev–Trinajstić information content (AvgIpc) is 2.70. The van der Waals surface area contributed by atoms with Crippen LogP contribution in [0.25, 0.3) is 0 Å². The smallest absolute Gasteiger partial charge is 0.343 e. The zero-order valence-electron chi connectivity index (χ0n) is 15.6. The van der Waals surface area contributed by atoms with Gasteiger partial charge in [0, 0.05) is 30.7 Å². The first-order valence-corrected chi connectivity index (χ1v) is 9.33. The number of rotatable bonds is 6. The van der Waals surface area contributed by atoms with Gasteiger partial charge in [-0.05, 0) is 42.7 Å². The number of methoxy groups -OCH3 is 2. The number of aromatic nitrogens is 1. The zero-order valence-corrected chi connectivity index (χ0v) is 16.3. The summed E-state index contributed by atoms with van der Waals surface area (Å²) < 4.78 is 9.96. The number of anilines is 1. The normalized spacial score (nSPS) is 15.4. The first kappa shape index (κ1) is 19.5. The highest BCUT2D eigenvalue weighted by Gasteiger charge is 2.21. The van der Waals surface area contributed by atoms with Crippen molar-refractivity contribution in [2.45, 2.75) is 25.4 Å². The maximum absolute atomic E-state index is 11.7. The van der Waals surface area contributed by atoms with Gasteiger partial charge in [0.2, 0.25) is 5.88 Å². The van der Waals surface area contributed by atoms with E-state index >= 15 is 0 Å². The van der Waals surface area contributed by atoms with Crippen molar-refractivity contribution in [2.75, 3.05) is 32.6 Å². The predicted molar refractivity (Wildman–Crippen MR) is 106 cm³/mol. The van der Waals surface area contributed by atoms with E-state index in [1.54, 1.807) is 12.1 Å². The lowest BCUT2D eigenvalue weighted by atomic mass is 10.0. The number of hydrogen-bond donors (Lipinski definition) is 1. The summed E-state index contributed by atoms with van der Waals surface area (Å²) in [6.07, 6.45) is 2.05. The highest BCUT2D eigenvalue weighted by atomic mass is 35.5. The molecule has 0 amide bonds. The van der Waals surface area contributed by atoms with Gasteiger partial charge in [0.15, 0.2) is 0 Å². The number of nitrogens with zero attached hydrogens (tertiary/aromatic N) is 2. The van der Waals surface area contributed by atoms with Crippen LogP contribution in [0, 0.1) is 0 Å². The number of nitrogens with one attached hydrogen (secondary N) is 1. The molecule has 0 unspecified atom stereocenters. The van der Waals surface area contributed by atoms with Crippen molar-refractivity contribution in [3.05, 3.63) is 52.5 Å². The molecule has 6 nitrogen and oxygen atoms in total. The van der Waals surface area contributed by atoms with E-state index < -0.39 is 5.97 Å². The van der Waals surface area contributed by atoms with Gasteiger partial charge in [-0.3, -0.25) is 4.90 Å².